The molecule has 6 nitrogen and oxygen atoms in total. The van der Waals surface area contributed by atoms with Crippen LogP contribution < -0.4 is 4.74 Å². The van der Waals surface area contributed by atoms with E-state index in [1.54, 1.807) is 7.11 Å². The Kier molecular flexibility index (Phi) is 4.90. The van der Waals surface area contributed by atoms with Gasteiger partial charge in [-0.25, -0.2) is 9.97 Å². The third kappa shape index (κ3) is 3.85. The molecule has 3 heterocycles. The Bertz CT molecular complexity index is 901. The molecule has 0 radical (unpaired) electrons. The second kappa shape index (κ2) is 7.48. The van der Waals surface area contributed by atoms with E-state index in [9.17, 15) is 0 Å². The van der Waals surface area contributed by atoms with Gasteiger partial charge in [-0.2, -0.15) is 5.10 Å². The quantitative estimate of drug-likeness (QED) is 0.695. The third-order valence-electron chi connectivity index (χ3n) is 5.10. The Morgan fingerprint density at radius 1 is 1.11 bits per heavy atom. The number of hydrogen-bond donors (Lipinski definition) is 0. The second-order valence-electron chi connectivity index (χ2n) is 7.19. The van der Waals surface area contributed by atoms with Gasteiger partial charge in [0.05, 0.1) is 18.8 Å². The van der Waals surface area contributed by atoms with Crippen LogP contribution in [0, 0.1) is 13.8 Å². The highest BCUT2D eigenvalue weighted by Gasteiger charge is 2.25. The van der Waals surface area contributed by atoms with Crippen molar-refractivity contribution in [1.82, 2.24) is 24.6 Å². The van der Waals surface area contributed by atoms with Crippen LogP contribution in [0.3, 0.4) is 0 Å². The Balaban J connectivity index is 1.39. The molecule has 0 unspecified atom stereocenters. The maximum atomic E-state index is 5.20. The van der Waals surface area contributed by atoms with Crippen molar-refractivity contribution in [3.05, 3.63) is 59.7 Å². The van der Waals surface area contributed by atoms with Crippen LogP contribution >= 0.6 is 0 Å². The molecule has 0 N–H and O–H groups in total. The van der Waals surface area contributed by atoms with Gasteiger partial charge < -0.3 is 4.74 Å². The normalized spacial score (nSPS) is 17.4. The van der Waals surface area contributed by atoms with E-state index >= 15 is 0 Å². The van der Waals surface area contributed by atoms with Crippen molar-refractivity contribution in [2.45, 2.75) is 32.9 Å². The van der Waals surface area contributed by atoms with E-state index in [4.69, 9.17) is 4.74 Å². The lowest BCUT2D eigenvalue weighted by atomic mass is 10.2. The van der Waals surface area contributed by atoms with Gasteiger partial charge in [-0.3, -0.25) is 9.58 Å². The molecule has 3 aromatic rings. The minimum Gasteiger partial charge on any atom is -0.497 e. The number of rotatable bonds is 5. The topological polar surface area (TPSA) is 56.1 Å². The lowest BCUT2D eigenvalue weighted by Crippen LogP contribution is -2.22. The summed E-state index contributed by atoms with van der Waals surface area (Å²) in [6, 6.07) is 10.4. The third-order valence-corrected chi connectivity index (χ3v) is 5.10. The fourth-order valence-corrected chi connectivity index (χ4v) is 3.75. The largest absolute Gasteiger partial charge is 0.497 e. The standard InChI is InChI=1S/C21H25N5O/c1-15-10-16(2)26(24-15)19-8-9-25(14-19)13-17-11-22-21(23-12-17)18-4-6-20(27-3)7-5-18/h4-7,10-12,19H,8-9,13-14H2,1-3H3/t19-/m0/s1. The Morgan fingerprint density at radius 3 is 2.48 bits per heavy atom. The second-order valence-corrected chi connectivity index (χ2v) is 7.19. The lowest BCUT2D eigenvalue weighted by Gasteiger charge is -2.17. The van der Waals surface area contributed by atoms with Crippen LogP contribution in [0.2, 0.25) is 0 Å². The van der Waals surface area contributed by atoms with Crippen LogP contribution in [0.15, 0.2) is 42.7 Å². The van der Waals surface area contributed by atoms with E-state index in [2.05, 4.69) is 44.6 Å². The highest BCUT2D eigenvalue weighted by Crippen LogP contribution is 2.24. The first-order chi connectivity index (χ1) is 13.1. The fraction of sp³-hybridized carbons (Fsp3) is 0.381. The van der Waals surface area contributed by atoms with Crippen LogP contribution in [0.1, 0.15) is 29.4 Å². The van der Waals surface area contributed by atoms with Crippen molar-refractivity contribution < 1.29 is 4.74 Å². The van der Waals surface area contributed by atoms with E-state index < -0.39 is 0 Å². The first-order valence-electron chi connectivity index (χ1n) is 9.33. The molecule has 6 heteroatoms. The Morgan fingerprint density at radius 2 is 1.85 bits per heavy atom. The first kappa shape index (κ1) is 17.7. The molecular weight excluding hydrogens is 338 g/mol. The van der Waals surface area contributed by atoms with Crippen molar-refractivity contribution >= 4 is 0 Å². The Labute approximate surface area is 159 Å². The summed E-state index contributed by atoms with van der Waals surface area (Å²) in [6.07, 6.45) is 5.00. The molecule has 27 heavy (non-hydrogen) atoms. The van der Waals surface area contributed by atoms with Crippen molar-refractivity contribution in [3.63, 3.8) is 0 Å². The molecule has 1 aliphatic heterocycles. The number of methoxy groups -OCH3 is 1. The van der Waals surface area contributed by atoms with Crippen LogP contribution in [0.4, 0.5) is 0 Å². The zero-order valence-corrected chi connectivity index (χ0v) is 16.1. The molecule has 0 spiro atoms. The number of hydrogen-bond acceptors (Lipinski definition) is 5. The van der Waals surface area contributed by atoms with Crippen LogP contribution in [0.5, 0.6) is 5.75 Å². The average Bonchev–Trinajstić information content (AvgIpc) is 3.28. The van der Waals surface area contributed by atoms with Crippen LogP contribution in [-0.2, 0) is 6.54 Å². The molecule has 1 aliphatic rings. The van der Waals surface area contributed by atoms with E-state index in [-0.39, 0.29) is 0 Å². The monoisotopic (exact) mass is 363 g/mol. The maximum Gasteiger partial charge on any atom is 0.159 e. The predicted octanol–water partition coefficient (Wildman–Crippen LogP) is 3.41. The molecule has 0 aliphatic carbocycles. The molecule has 1 saturated heterocycles. The summed E-state index contributed by atoms with van der Waals surface area (Å²) in [4.78, 5) is 11.5. The van der Waals surface area contributed by atoms with Gasteiger partial charge in [0.1, 0.15) is 5.75 Å². The zero-order valence-electron chi connectivity index (χ0n) is 16.1. The summed E-state index contributed by atoms with van der Waals surface area (Å²) < 4.78 is 7.37. The van der Waals surface area contributed by atoms with Gasteiger partial charge in [0.15, 0.2) is 5.82 Å². The SMILES string of the molecule is COc1ccc(-c2ncc(CN3CC[C@H](n4nc(C)cc4C)C3)cn2)cc1. The maximum absolute atomic E-state index is 5.20. The minimum atomic E-state index is 0.457. The van der Waals surface area contributed by atoms with Gasteiger partial charge in [-0.1, -0.05) is 0 Å². The fourth-order valence-electron chi connectivity index (χ4n) is 3.75. The van der Waals surface area contributed by atoms with Gasteiger partial charge in [0.2, 0.25) is 0 Å². The average molecular weight is 363 g/mol. The summed E-state index contributed by atoms with van der Waals surface area (Å²) in [7, 11) is 1.66. The van der Waals surface area contributed by atoms with Crippen molar-refractivity contribution in [1.29, 1.82) is 0 Å². The number of ether oxygens (including phenoxy) is 1. The number of aromatic nitrogens is 4. The molecule has 0 saturated carbocycles. The number of nitrogens with zero attached hydrogens (tertiary/aromatic N) is 5. The van der Waals surface area contributed by atoms with Crippen molar-refractivity contribution in [3.8, 4) is 17.1 Å². The van der Waals surface area contributed by atoms with Crippen molar-refractivity contribution in [2.24, 2.45) is 0 Å². The number of aryl methyl sites for hydroxylation is 2. The molecule has 1 aromatic carbocycles. The zero-order chi connectivity index (χ0) is 18.8. The van der Waals surface area contributed by atoms with Gasteiger partial charge in [0.25, 0.3) is 0 Å². The summed E-state index contributed by atoms with van der Waals surface area (Å²) in [5, 5.41) is 4.65. The smallest absolute Gasteiger partial charge is 0.159 e. The molecule has 0 bridgehead atoms. The highest BCUT2D eigenvalue weighted by molar-refractivity contribution is 5.55. The molecule has 4 rings (SSSR count). The summed E-state index contributed by atoms with van der Waals surface area (Å²) in [5.41, 5.74) is 4.47. The van der Waals surface area contributed by atoms with Crippen molar-refractivity contribution in [2.75, 3.05) is 20.2 Å². The van der Waals surface area contributed by atoms with E-state index in [1.165, 1.54) is 5.69 Å². The first-order valence-corrected chi connectivity index (χ1v) is 9.33. The molecule has 140 valence electrons. The molecule has 1 fully saturated rings. The van der Waals surface area contributed by atoms with Gasteiger partial charge in [-0.15, -0.1) is 0 Å². The highest BCUT2D eigenvalue weighted by atomic mass is 16.5. The minimum absolute atomic E-state index is 0.457. The molecule has 1 atom stereocenters. The molecule has 0 amide bonds. The lowest BCUT2D eigenvalue weighted by molar-refractivity contribution is 0.310. The van der Waals surface area contributed by atoms with E-state index in [0.717, 1.165) is 54.4 Å². The predicted molar refractivity (Wildman–Crippen MR) is 105 cm³/mol. The van der Waals surface area contributed by atoms with Gasteiger partial charge >= 0.3 is 0 Å². The van der Waals surface area contributed by atoms with Crippen LogP contribution in [0.25, 0.3) is 11.4 Å². The molecular formula is C21H25N5O. The Hall–Kier alpha value is -2.73. The summed E-state index contributed by atoms with van der Waals surface area (Å²) in [5.74, 6) is 1.57. The van der Waals surface area contributed by atoms with E-state index in [0.29, 0.717) is 6.04 Å². The molecule has 2 aromatic heterocycles. The van der Waals surface area contributed by atoms with Crippen LogP contribution in [-0.4, -0.2) is 44.8 Å². The number of benzene rings is 1. The summed E-state index contributed by atoms with van der Waals surface area (Å²) in [6.45, 7) is 7.15. The summed E-state index contributed by atoms with van der Waals surface area (Å²) >= 11 is 0. The van der Waals surface area contributed by atoms with Gasteiger partial charge in [-0.05, 0) is 50.6 Å². The number of likely N-dealkylation sites (tertiary alicyclic amines) is 1. The van der Waals surface area contributed by atoms with Gasteiger partial charge in [0, 0.05) is 48.8 Å². The van der Waals surface area contributed by atoms with E-state index in [1.807, 2.05) is 36.7 Å².